The minimum Gasteiger partial charge on any atom is -1.00 e. The van der Waals surface area contributed by atoms with Crippen molar-refractivity contribution in [1.29, 1.82) is 0 Å². The van der Waals surface area contributed by atoms with Crippen LogP contribution in [-0.4, -0.2) is 48.9 Å². The van der Waals surface area contributed by atoms with Crippen LogP contribution in [0.15, 0.2) is 0 Å². The zero-order valence-corrected chi connectivity index (χ0v) is 29.3. The third-order valence-corrected chi connectivity index (χ3v) is 5.78. The van der Waals surface area contributed by atoms with Crippen LogP contribution in [0.25, 0.3) is 0 Å². The summed E-state index contributed by atoms with van der Waals surface area (Å²) in [5.41, 5.74) is 21.7. The molecular weight excluding hydrogens is 1000 g/mol. The van der Waals surface area contributed by atoms with Crippen molar-refractivity contribution >= 4 is 101 Å². The van der Waals surface area contributed by atoms with Gasteiger partial charge in [0.05, 0.1) is 28.2 Å². The predicted octanol–water partition coefficient (Wildman–Crippen LogP) is -17.4. The first kappa shape index (κ1) is 47.1. The van der Waals surface area contributed by atoms with E-state index in [1.165, 1.54) is 43.2 Å². The highest BCUT2D eigenvalue weighted by atomic mass is 128. The fourth-order valence-electron chi connectivity index (χ4n) is 0.346. The van der Waals surface area contributed by atoms with Gasteiger partial charge in [0.25, 0.3) is 0 Å². The van der Waals surface area contributed by atoms with Gasteiger partial charge in [-0.2, -0.15) is 0 Å². The van der Waals surface area contributed by atoms with Crippen molar-refractivity contribution in [3.63, 3.8) is 0 Å². The van der Waals surface area contributed by atoms with Crippen LogP contribution in [0.1, 0.15) is 0 Å². The van der Waals surface area contributed by atoms with E-state index in [4.69, 9.17) is 22.9 Å². The molecule has 0 saturated carbocycles. The first-order valence-electron chi connectivity index (χ1n) is 5.45. The van der Waals surface area contributed by atoms with Crippen molar-refractivity contribution in [3.8, 4) is 0 Å². The SMILES string of the molecule is C[NH+]=C(N)SSC(N)=[NH+]C.C[NH+]=C(N)SSC(N)=[NH+]C.II.[Br-].[Br-].[I-].[I-]. The molecule has 0 aliphatic heterocycles. The van der Waals surface area contributed by atoms with Gasteiger partial charge in [0.2, 0.25) is 0 Å². The molecular formula is C8H24Br2I4N8S4. The van der Waals surface area contributed by atoms with Crippen LogP contribution in [-0.2, 0) is 0 Å². The summed E-state index contributed by atoms with van der Waals surface area (Å²) in [7, 11) is 12.6. The summed E-state index contributed by atoms with van der Waals surface area (Å²) in [5.74, 6) is 0. The van der Waals surface area contributed by atoms with Gasteiger partial charge in [-0.25, -0.2) is 0 Å². The fraction of sp³-hybridized carbons (Fsp3) is 0.500. The number of hydrogen-bond acceptors (Lipinski definition) is 4. The molecule has 12 N–H and O–H groups in total. The molecule has 26 heavy (non-hydrogen) atoms. The average molecular weight is 1030 g/mol. The van der Waals surface area contributed by atoms with E-state index < -0.39 is 0 Å². The van der Waals surface area contributed by atoms with Gasteiger partial charge in [-0.1, -0.05) is 0 Å². The molecule has 18 heteroatoms. The van der Waals surface area contributed by atoms with Crippen LogP contribution in [0.4, 0.5) is 0 Å². The van der Waals surface area contributed by atoms with Crippen molar-refractivity contribution in [2.24, 2.45) is 22.9 Å². The number of rotatable bonds is 0. The summed E-state index contributed by atoms with van der Waals surface area (Å²) >= 11 is 4.24. The van der Waals surface area contributed by atoms with Gasteiger partial charge in [-0.15, -0.1) is 0 Å². The van der Waals surface area contributed by atoms with Crippen LogP contribution < -0.4 is 125 Å². The summed E-state index contributed by atoms with van der Waals surface area (Å²) in [4.78, 5) is 11.1. The molecule has 0 radical (unpaired) electrons. The molecule has 0 rings (SSSR count). The maximum Gasteiger partial charge on any atom is 0.313 e. The molecule has 162 valence electrons. The molecule has 0 atom stereocenters. The Morgan fingerprint density at radius 1 is 0.538 bits per heavy atom. The van der Waals surface area contributed by atoms with Gasteiger partial charge >= 0.3 is 20.7 Å². The fourth-order valence-corrected chi connectivity index (χ4v) is 3.12. The topological polar surface area (TPSA) is 160 Å². The Balaban J connectivity index is -0.0000000443. The van der Waals surface area contributed by atoms with E-state index in [0.29, 0.717) is 20.7 Å². The molecule has 0 amide bonds. The van der Waals surface area contributed by atoms with Gasteiger partial charge in [-0.3, -0.25) is 42.9 Å². The standard InChI is InChI=1S/2C4H10N4S2.2BrH.I2.2HI/c2*1-7-3(5)9-10-4(6)8-2;;;1-2;;/h2*1-2H3,(H2,5,7)(H2,6,8);2*1H;;2*1H. The van der Waals surface area contributed by atoms with Gasteiger partial charge in [0, 0.05) is 80.4 Å². The molecule has 0 heterocycles. The molecule has 0 aliphatic carbocycles. The van der Waals surface area contributed by atoms with Crippen molar-refractivity contribution in [3.05, 3.63) is 0 Å². The molecule has 8 nitrogen and oxygen atoms in total. The normalized spacial score (nSPS) is 10.8. The van der Waals surface area contributed by atoms with Crippen molar-refractivity contribution in [1.82, 2.24) is 0 Å². The zero-order valence-electron chi connectivity index (χ0n) is 14.2. The Morgan fingerprint density at radius 2 is 0.654 bits per heavy atom. The number of nitrogens with two attached hydrogens (primary N) is 4. The average Bonchev–Trinajstić information content (AvgIpc) is 2.58. The van der Waals surface area contributed by atoms with E-state index in [1.807, 2.05) is 0 Å². The van der Waals surface area contributed by atoms with E-state index in [2.05, 4.69) is 57.2 Å². The molecule has 0 aliphatic rings. The second-order valence-electron chi connectivity index (χ2n) is 2.79. The smallest absolute Gasteiger partial charge is 0.313 e. The Labute approximate surface area is 249 Å². The van der Waals surface area contributed by atoms with Crippen LogP contribution in [0.3, 0.4) is 0 Å². The molecule has 0 aromatic carbocycles. The summed E-state index contributed by atoms with van der Waals surface area (Å²) in [6.45, 7) is 0. The number of amidine groups is 4. The first-order chi connectivity index (χ1) is 10.4. The summed E-state index contributed by atoms with van der Waals surface area (Å²) in [6, 6.07) is 0. The van der Waals surface area contributed by atoms with E-state index in [0.717, 1.165) is 0 Å². The van der Waals surface area contributed by atoms with E-state index in [1.54, 1.807) is 28.2 Å². The molecule has 0 spiro atoms. The third kappa shape index (κ3) is 41.5. The Bertz CT molecular complexity index is 332. The lowest BCUT2D eigenvalue weighted by Crippen LogP contribution is -3.00. The third-order valence-electron chi connectivity index (χ3n) is 1.43. The zero-order chi connectivity index (χ0) is 18.0. The predicted molar refractivity (Wildman–Crippen MR) is 123 cm³/mol. The lowest BCUT2D eigenvalue weighted by Gasteiger charge is -1.87. The van der Waals surface area contributed by atoms with E-state index >= 15 is 0 Å². The van der Waals surface area contributed by atoms with Crippen LogP contribution >= 0.6 is 80.4 Å². The molecule has 0 saturated heterocycles. The van der Waals surface area contributed by atoms with Crippen LogP contribution in [0.2, 0.25) is 0 Å². The monoisotopic (exact) mass is 1030 g/mol. The van der Waals surface area contributed by atoms with Crippen molar-refractivity contribution < 1.29 is 102 Å². The van der Waals surface area contributed by atoms with E-state index in [9.17, 15) is 0 Å². The van der Waals surface area contributed by atoms with Crippen molar-refractivity contribution in [2.45, 2.75) is 0 Å². The van der Waals surface area contributed by atoms with Crippen LogP contribution in [0.5, 0.6) is 0 Å². The second-order valence-corrected chi connectivity index (χ2v) is 7.22. The minimum atomic E-state index is 0. The highest BCUT2D eigenvalue weighted by Crippen LogP contribution is 2.16. The van der Waals surface area contributed by atoms with Gasteiger partial charge < -0.3 is 81.9 Å². The van der Waals surface area contributed by atoms with Crippen LogP contribution in [0, 0.1) is 0 Å². The molecule has 0 aromatic rings. The Morgan fingerprint density at radius 3 is 0.731 bits per heavy atom. The first-order valence-corrected chi connectivity index (χ1v) is 16.0. The van der Waals surface area contributed by atoms with Crippen molar-refractivity contribution in [2.75, 3.05) is 28.2 Å². The molecule has 0 unspecified atom stereocenters. The summed E-state index contributed by atoms with van der Waals surface area (Å²) in [5, 5.41) is 2.57. The number of halogens is 6. The second kappa shape index (κ2) is 38.7. The lowest BCUT2D eigenvalue weighted by molar-refractivity contribution is -0.417. The molecule has 0 fully saturated rings. The Hall–Kier alpha value is 3.16. The summed E-state index contributed by atoms with van der Waals surface area (Å²) in [6.07, 6.45) is 0. The quantitative estimate of drug-likeness (QED) is 0.0515. The maximum atomic E-state index is 5.43. The van der Waals surface area contributed by atoms with Gasteiger partial charge in [0.1, 0.15) is 0 Å². The number of nitrogens with one attached hydrogen (secondary N) is 4. The highest BCUT2D eigenvalue weighted by Gasteiger charge is 2.05. The lowest BCUT2D eigenvalue weighted by atomic mass is 11.3. The maximum absolute atomic E-state index is 5.43. The molecule has 0 aromatic heterocycles. The minimum absolute atomic E-state index is 0. The highest BCUT2D eigenvalue weighted by molar-refractivity contribution is 15.0. The van der Waals surface area contributed by atoms with E-state index in [-0.39, 0.29) is 81.9 Å². The largest absolute Gasteiger partial charge is 1.00 e. The number of hydrogen-bond donors (Lipinski definition) is 8. The van der Waals surface area contributed by atoms with Gasteiger partial charge in [0.15, 0.2) is 0 Å². The van der Waals surface area contributed by atoms with Gasteiger partial charge in [-0.05, 0) is 0 Å². The summed E-state index contributed by atoms with van der Waals surface area (Å²) < 4.78 is 0. The Kier molecular flexibility index (Phi) is 70.1. The molecule has 0 bridgehead atoms.